The molecule has 0 aromatic carbocycles. The van der Waals surface area contributed by atoms with Gasteiger partial charge in [-0.3, -0.25) is 0 Å². The van der Waals surface area contributed by atoms with Crippen LogP contribution in [0.15, 0.2) is 11.6 Å². The van der Waals surface area contributed by atoms with Gasteiger partial charge in [0.1, 0.15) is 0 Å². The fraction of sp³-hybridized carbons (Fsp3) is 0.700. The predicted octanol–water partition coefficient (Wildman–Crippen LogP) is 2.25. The molecule has 3 nitrogen and oxygen atoms in total. The molecule has 92 valence electrons. The molecule has 0 aromatic rings. The number of hydrogen-bond acceptors (Lipinski definition) is 1. The first-order chi connectivity index (χ1) is 7.36. The molecule has 0 N–H and O–H groups in total. The van der Waals surface area contributed by atoms with Crippen LogP contribution in [-0.2, 0) is 0 Å². The number of rotatable bonds is 1. The maximum absolute atomic E-state index is 12.3. The molecule has 0 fully saturated rings. The molecule has 1 aliphatic rings. The standard InChI is InChI=1S/C10H15F3N2O/c1-3-14(2)9(16)15-6-4-8(5-7-15)10(11,12)13/h4H,3,5-7H2,1-2H3. The molecule has 0 radical (unpaired) electrons. The molecule has 0 bridgehead atoms. The molecule has 0 atom stereocenters. The fourth-order valence-corrected chi connectivity index (χ4v) is 1.48. The molecule has 1 aliphatic heterocycles. The Morgan fingerprint density at radius 1 is 1.56 bits per heavy atom. The van der Waals surface area contributed by atoms with Gasteiger partial charge in [0.2, 0.25) is 0 Å². The molecule has 0 saturated carbocycles. The van der Waals surface area contributed by atoms with Gasteiger partial charge in [-0.05, 0) is 13.3 Å². The summed E-state index contributed by atoms with van der Waals surface area (Å²) >= 11 is 0. The van der Waals surface area contributed by atoms with Gasteiger partial charge >= 0.3 is 12.2 Å². The number of carbonyl (C=O) groups excluding carboxylic acids is 1. The molecular formula is C10H15F3N2O. The Balaban J connectivity index is 2.61. The molecule has 1 heterocycles. The number of nitrogens with zero attached hydrogens (tertiary/aromatic N) is 2. The highest BCUT2D eigenvalue weighted by Gasteiger charge is 2.35. The van der Waals surface area contributed by atoms with E-state index in [4.69, 9.17) is 0 Å². The summed E-state index contributed by atoms with van der Waals surface area (Å²) in [6.07, 6.45) is -3.29. The fourth-order valence-electron chi connectivity index (χ4n) is 1.48. The summed E-state index contributed by atoms with van der Waals surface area (Å²) in [5.41, 5.74) is -0.532. The largest absolute Gasteiger partial charge is 0.412 e. The summed E-state index contributed by atoms with van der Waals surface area (Å²) in [4.78, 5) is 14.5. The Hall–Kier alpha value is -1.20. The third kappa shape index (κ3) is 2.90. The molecule has 0 unspecified atom stereocenters. The highest BCUT2D eigenvalue weighted by Crippen LogP contribution is 2.30. The van der Waals surface area contributed by atoms with Gasteiger partial charge in [0.25, 0.3) is 0 Å². The summed E-state index contributed by atoms with van der Waals surface area (Å²) in [6, 6.07) is -0.222. The van der Waals surface area contributed by atoms with Crippen LogP contribution in [0, 0.1) is 0 Å². The number of alkyl halides is 3. The van der Waals surface area contributed by atoms with Crippen molar-refractivity contribution in [1.82, 2.24) is 9.80 Å². The van der Waals surface area contributed by atoms with Crippen LogP contribution in [0.2, 0.25) is 0 Å². The van der Waals surface area contributed by atoms with Crippen molar-refractivity contribution in [2.75, 3.05) is 26.7 Å². The average Bonchev–Trinajstić information content (AvgIpc) is 2.26. The third-order valence-corrected chi connectivity index (χ3v) is 2.64. The van der Waals surface area contributed by atoms with Crippen molar-refractivity contribution in [3.8, 4) is 0 Å². The topological polar surface area (TPSA) is 23.6 Å². The minimum atomic E-state index is -4.26. The second kappa shape index (κ2) is 4.76. The minimum Gasteiger partial charge on any atom is -0.328 e. The first kappa shape index (κ1) is 12.9. The lowest BCUT2D eigenvalue weighted by Gasteiger charge is -2.30. The van der Waals surface area contributed by atoms with Crippen molar-refractivity contribution in [2.24, 2.45) is 0 Å². The SMILES string of the molecule is CCN(C)C(=O)N1CC=C(C(F)(F)F)CC1. The molecule has 6 heteroatoms. The van der Waals surface area contributed by atoms with Crippen LogP contribution in [0.1, 0.15) is 13.3 Å². The van der Waals surface area contributed by atoms with E-state index in [-0.39, 0.29) is 25.5 Å². The van der Waals surface area contributed by atoms with E-state index in [1.807, 2.05) is 6.92 Å². The molecule has 0 spiro atoms. The van der Waals surface area contributed by atoms with Gasteiger partial charge in [-0.15, -0.1) is 0 Å². The van der Waals surface area contributed by atoms with Gasteiger partial charge in [0.15, 0.2) is 0 Å². The minimum absolute atomic E-state index is 0.0397. The highest BCUT2D eigenvalue weighted by atomic mass is 19.4. The van der Waals surface area contributed by atoms with Crippen LogP contribution in [0.5, 0.6) is 0 Å². The Kier molecular flexibility index (Phi) is 3.83. The number of urea groups is 1. The van der Waals surface area contributed by atoms with Gasteiger partial charge in [0.05, 0.1) is 0 Å². The Bertz CT molecular complexity index is 299. The quantitative estimate of drug-likeness (QED) is 0.640. The first-order valence-electron chi connectivity index (χ1n) is 5.12. The van der Waals surface area contributed by atoms with E-state index < -0.39 is 11.7 Å². The number of halogens is 3. The van der Waals surface area contributed by atoms with Crippen molar-refractivity contribution in [3.63, 3.8) is 0 Å². The normalized spacial score (nSPS) is 17.1. The lowest BCUT2D eigenvalue weighted by molar-refractivity contribution is -0.0957. The summed E-state index contributed by atoms with van der Waals surface area (Å²) in [6.45, 7) is 2.54. The summed E-state index contributed by atoms with van der Waals surface area (Å²) in [7, 11) is 1.63. The lowest BCUT2D eigenvalue weighted by atomic mass is 10.1. The van der Waals surface area contributed by atoms with E-state index in [0.717, 1.165) is 6.08 Å². The second-order valence-electron chi connectivity index (χ2n) is 3.72. The third-order valence-electron chi connectivity index (χ3n) is 2.64. The monoisotopic (exact) mass is 236 g/mol. The van der Waals surface area contributed by atoms with Crippen molar-refractivity contribution >= 4 is 6.03 Å². The molecular weight excluding hydrogens is 221 g/mol. The van der Waals surface area contributed by atoms with E-state index in [2.05, 4.69) is 0 Å². The van der Waals surface area contributed by atoms with Crippen molar-refractivity contribution < 1.29 is 18.0 Å². The van der Waals surface area contributed by atoms with Crippen LogP contribution in [0.25, 0.3) is 0 Å². The van der Waals surface area contributed by atoms with Crippen molar-refractivity contribution in [3.05, 3.63) is 11.6 Å². The molecule has 16 heavy (non-hydrogen) atoms. The van der Waals surface area contributed by atoms with Gasteiger partial charge < -0.3 is 9.80 Å². The van der Waals surface area contributed by atoms with E-state index in [0.29, 0.717) is 6.54 Å². The van der Waals surface area contributed by atoms with Crippen LogP contribution in [-0.4, -0.2) is 48.7 Å². The number of amides is 2. The molecule has 0 aromatic heterocycles. The smallest absolute Gasteiger partial charge is 0.328 e. The van der Waals surface area contributed by atoms with E-state index in [1.54, 1.807) is 7.05 Å². The van der Waals surface area contributed by atoms with E-state index in [1.165, 1.54) is 9.80 Å². The highest BCUT2D eigenvalue weighted by molar-refractivity contribution is 5.74. The zero-order valence-electron chi connectivity index (χ0n) is 9.34. The molecule has 0 saturated heterocycles. The zero-order valence-corrected chi connectivity index (χ0v) is 9.34. The van der Waals surface area contributed by atoms with Gasteiger partial charge in [0, 0.05) is 32.3 Å². The Morgan fingerprint density at radius 3 is 2.56 bits per heavy atom. The first-order valence-corrected chi connectivity index (χ1v) is 5.12. The maximum Gasteiger partial charge on any atom is 0.412 e. The van der Waals surface area contributed by atoms with Crippen molar-refractivity contribution in [2.45, 2.75) is 19.5 Å². The second-order valence-corrected chi connectivity index (χ2v) is 3.72. The Labute approximate surface area is 92.5 Å². The number of carbonyl (C=O) groups is 1. The van der Waals surface area contributed by atoms with E-state index in [9.17, 15) is 18.0 Å². The predicted molar refractivity (Wildman–Crippen MR) is 54.0 cm³/mol. The van der Waals surface area contributed by atoms with Crippen molar-refractivity contribution in [1.29, 1.82) is 0 Å². The molecule has 2 amide bonds. The maximum atomic E-state index is 12.3. The summed E-state index contributed by atoms with van der Waals surface area (Å²) in [5.74, 6) is 0. The zero-order chi connectivity index (χ0) is 12.3. The van der Waals surface area contributed by atoms with Crippen LogP contribution >= 0.6 is 0 Å². The Morgan fingerprint density at radius 2 is 2.19 bits per heavy atom. The van der Waals surface area contributed by atoms with Crippen LogP contribution in [0.4, 0.5) is 18.0 Å². The van der Waals surface area contributed by atoms with Crippen LogP contribution < -0.4 is 0 Å². The van der Waals surface area contributed by atoms with Gasteiger partial charge in [-0.25, -0.2) is 4.79 Å². The average molecular weight is 236 g/mol. The summed E-state index contributed by atoms with van der Waals surface area (Å²) < 4.78 is 36.9. The lowest BCUT2D eigenvalue weighted by Crippen LogP contribution is -2.43. The molecule has 0 aliphatic carbocycles. The molecule has 1 rings (SSSR count). The van der Waals surface area contributed by atoms with E-state index >= 15 is 0 Å². The number of hydrogen-bond donors (Lipinski definition) is 0. The summed E-state index contributed by atoms with van der Waals surface area (Å²) in [5, 5.41) is 0. The van der Waals surface area contributed by atoms with Crippen LogP contribution in [0.3, 0.4) is 0 Å². The van der Waals surface area contributed by atoms with Gasteiger partial charge in [-0.2, -0.15) is 13.2 Å². The van der Waals surface area contributed by atoms with Gasteiger partial charge in [-0.1, -0.05) is 6.08 Å².